The number of nitrogens with two attached hydrogens (primary N) is 2. The standard InChI is InChI=1S/C20H24FN10O8PS/c21-12-10(3-32)38-19(30-6-26-13-16(30)28-20(23)29-18(13)34)14(12)39-40(35,41)36-4-11-8(33)1-9(37-11)7-2-24-17-15(22)25-5-27-31(7)17/h2,5-6,8-12,14,19,32-33H,1,3-4H2,(H,35,41)(H2,22,25,27)(H3,23,28,29,34)/t8-,9+,10+,11+,12+,14+,19+,40?/m0/s1. The van der Waals surface area contributed by atoms with E-state index in [1.54, 1.807) is 0 Å². The number of thiol groups is 1. The van der Waals surface area contributed by atoms with Gasteiger partial charge in [-0.25, -0.2) is 28.4 Å². The molecule has 0 bridgehead atoms. The first kappa shape index (κ1) is 27.9. The van der Waals surface area contributed by atoms with Crippen molar-refractivity contribution in [3.8, 4) is 0 Å². The summed E-state index contributed by atoms with van der Waals surface area (Å²) in [5.41, 5.74) is 11.5. The number of nitrogen functional groups attached to an aromatic ring is 2. The summed E-state index contributed by atoms with van der Waals surface area (Å²) in [6.45, 7) is -5.51. The fourth-order valence-electron chi connectivity index (χ4n) is 4.80. The van der Waals surface area contributed by atoms with Crippen LogP contribution >= 0.6 is 19.0 Å². The molecule has 6 rings (SSSR count). The van der Waals surface area contributed by atoms with Crippen LogP contribution in [0.15, 0.2) is 23.6 Å². The second-order valence-electron chi connectivity index (χ2n) is 9.33. The Labute approximate surface area is 233 Å². The number of aliphatic hydroxyl groups is 2. The lowest BCUT2D eigenvalue weighted by Crippen LogP contribution is -2.32. The number of ether oxygens (including phenoxy) is 2. The number of aliphatic hydroxyl groups excluding tert-OH is 2. The number of fused-ring (bicyclic) bond motifs is 2. The number of hydrogen-bond acceptors (Lipinski definition) is 15. The largest absolute Gasteiger partial charge is 0.394 e. The summed E-state index contributed by atoms with van der Waals surface area (Å²) in [7, 11) is 0. The van der Waals surface area contributed by atoms with E-state index in [0.717, 1.165) is 6.33 Å². The van der Waals surface area contributed by atoms with Crippen LogP contribution in [0.1, 0.15) is 24.4 Å². The molecule has 0 radical (unpaired) electrons. The maximum Gasteiger partial charge on any atom is 0.386 e. The molecule has 6 heterocycles. The highest BCUT2D eigenvalue weighted by atomic mass is 32.7. The Kier molecular flexibility index (Phi) is 7.19. The molecule has 0 aromatic carbocycles. The molecule has 0 spiro atoms. The van der Waals surface area contributed by atoms with Gasteiger partial charge in [-0.3, -0.25) is 23.4 Å². The van der Waals surface area contributed by atoms with Gasteiger partial charge in [0.05, 0.1) is 37.5 Å². The van der Waals surface area contributed by atoms with Gasteiger partial charge in [-0.05, 0) is 0 Å². The third-order valence-electron chi connectivity index (χ3n) is 6.74. The molecule has 18 nitrogen and oxygen atoms in total. The second-order valence-corrected chi connectivity index (χ2v) is 12.2. The van der Waals surface area contributed by atoms with Gasteiger partial charge in [-0.2, -0.15) is 10.1 Å². The van der Waals surface area contributed by atoms with Crippen molar-refractivity contribution in [2.24, 2.45) is 0 Å². The number of halogens is 1. The molecule has 8 atom stereocenters. The van der Waals surface area contributed by atoms with E-state index in [0.29, 0.717) is 11.3 Å². The maximum atomic E-state index is 15.3. The molecule has 7 N–H and O–H groups in total. The lowest BCUT2D eigenvalue weighted by Gasteiger charge is -2.25. The van der Waals surface area contributed by atoms with Gasteiger partial charge in [0.2, 0.25) is 5.95 Å². The summed E-state index contributed by atoms with van der Waals surface area (Å²) in [4.78, 5) is 30.5. The molecule has 4 aromatic heterocycles. The van der Waals surface area contributed by atoms with Crippen molar-refractivity contribution in [3.63, 3.8) is 0 Å². The summed E-state index contributed by atoms with van der Waals surface area (Å²) in [5, 5.41) is 24.3. The van der Waals surface area contributed by atoms with E-state index in [9.17, 15) is 19.6 Å². The average Bonchev–Trinajstić information content (AvgIpc) is 3.69. The number of rotatable bonds is 8. The van der Waals surface area contributed by atoms with E-state index < -0.39 is 68.5 Å². The van der Waals surface area contributed by atoms with Crippen molar-refractivity contribution in [1.29, 1.82) is 0 Å². The summed E-state index contributed by atoms with van der Waals surface area (Å²) in [6.07, 6.45) is -5.03. The van der Waals surface area contributed by atoms with Gasteiger partial charge in [-0.15, -0.1) is 0 Å². The number of H-pyrrole nitrogens is 1. The number of imidazole rings is 2. The molecule has 0 amide bonds. The molecule has 4 aromatic rings. The van der Waals surface area contributed by atoms with Gasteiger partial charge < -0.3 is 31.2 Å². The fraction of sp³-hybridized carbons (Fsp3) is 0.500. The van der Waals surface area contributed by atoms with Gasteiger partial charge in [0.25, 0.3) is 5.56 Å². The zero-order valence-electron chi connectivity index (χ0n) is 20.8. The molecule has 41 heavy (non-hydrogen) atoms. The lowest BCUT2D eigenvalue weighted by atomic mass is 10.1. The normalized spacial score (nSPS) is 29.9. The van der Waals surface area contributed by atoms with Gasteiger partial charge in [-0.1, -0.05) is 12.2 Å². The predicted molar refractivity (Wildman–Crippen MR) is 139 cm³/mol. The Bertz CT molecular complexity index is 1700. The number of hydrogen-bond donors (Lipinski definition) is 6. The smallest absolute Gasteiger partial charge is 0.386 e. The Balaban J connectivity index is 1.17. The number of anilines is 2. The van der Waals surface area contributed by atoms with Crippen LogP contribution < -0.4 is 17.0 Å². The van der Waals surface area contributed by atoms with Crippen molar-refractivity contribution < 1.29 is 37.7 Å². The van der Waals surface area contributed by atoms with Crippen LogP contribution in [-0.2, 0) is 23.1 Å². The van der Waals surface area contributed by atoms with Crippen LogP contribution in [0.2, 0.25) is 0 Å². The molecule has 21 heteroatoms. The van der Waals surface area contributed by atoms with Gasteiger partial charge >= 0.3 is 6.80 Å². The molecule has 2 aliphatic heterocycles. The van der Waals surface area contributed by atoms with Gasteiger partial charge in [0.15, 0.2) is 35.0 Å². The molecular weight excluding hydrogens is 590 g/mol. The molecule has 2 fully saturated rings. The maximum absolute atomic E-state index is 15.3. The van der Waals surface area contributed by atoms with Crippen molar-refractivity contribution >= 4 is 47.6 Å². The lowest BCUT2D eigenvalue weighted by molar-refractivity contribution is -0.0491. The first-order valence-electron chi connectivity index (χ1n) is 12.1. The van der Waals surface area contributed by atoms with E-state index in [1.165, 1.54) is 21.6 Å². The Morgan fingerprint density at radius 2 is 2.05 bits per heavy atom. The van der Waals surface area contributed by atoms with Crippen molar-refractivity contribution in [1.82, 2.24) is 39.1 Å². The zero-order chi connectivity index (χ0) is 29.1. The SMILES string of the molecule is Nc1nc2c(ncn2[C@@H]2O[C@H](CO)[C@@H](F)[C@H]2OP(=O)(S)OC[C@H]2O[C@@H](c3cnc4c(N)ncnn34)C[C@@H]2O)c(=O)[nH]1. The molecule has 2 aliphatic rings. The molecule has 1 unspecified atom stereocenters. The minimum Gasteiger partial charge on any atom is -0.394 e. The molecule has 0 aliphatic carbocycles. The number of nitrogens with zero attached hydrogens (tertiary/aromatic N) is 7. The van der Waals surface area contributed by atoms with Crippen LogP contribution in [0, 0.1) is 0 Å². The van der Waals surface area contributed by atoms with E-state index in [2.05, 4.69) is 42.3 Å². The first-order valence-corrected chi connectivity index (χ1v) is 14.8. The second kappa shape index (κ2) is 10.6. The van der Waals surface area contributed by atoms with E-state index in [1.807, 2.05) is 0 Å². The van der Waals surface area contributed by atoms with E-state index in [4.69, 9.17) is 30.0 Å². The summed E-state index contributed by atoms with van der Waals surface area (Å²) < 4.78 is 53.4. The highest BCUT2D eigenvalue weighted by molar-refractivity contribution is 8.44. The van der Waals surface area contributed by atoms with Crippen LogP contribution in [0.4, 0.5) is 16.2 Å². The topological polar surface area (TPSA) is 253 Å². The third-order valence-corrected chi connectivity index (χ3v) is 8.35. The van der Waals surface area contributed by atoms with Crippen molar-refractivity contribution in [2.45, 2.75) is 49.3 Å². The average molecular weight is 615 g/mol. The van der Waals surface area contributed by atoms with E-state index >= 15 is 4.39 Å². The number of aromatic amines is 1. The zero-order valence-corrected chi connectivity index (χ0v) is 22.6. The number of nitrogens with one attached hydrogen (secondary N) is 1. The summed E-state index contributed by atoms with van der Waals surface area (Å²) >= 11 is 3.98. The number of alkyl halides is 1. The highest BCUT2D eigenvalue weighted by Crippen LogP contribution is 2.57. The quantitative estimate of drug-likeness (QED) is 0.106. The van der Waals surface area contributed by atoms with Crippen LogP contribution in [-0.4, -0.2) is 93.1 Å². The van der Waals surface area contributed by atoms with Crippen LogP contribution in [0.5, 0.6) is 0 Å². The third kappa shape index (κ3) is 5.06. The van der Waals surface area contributed by atoms with Gasteiger partial charge in [0.1, 0.15) is 30.7 Å². The van der Waals surface area contributed by atoms with Gasteiger partial charge in [0, 0.05) is 6.42 Å². The molecule has 220 valence electrons. The van der Waals surface area contributed by atoms with Crippen LogP contribution in [0.3, 0.4) is 0 Å². The van der Waals surface area contributed by atoms with Crippen molar-refractivity contribution in [3.05, 3.63) is 34.9 Å². The highest BCUT2D eigenvalue weighted by Gasteiger charge is 2.50. The summed E-state index contributed by atoms with van der Waals surface area (Å²) in [6, 6.07) is 0. The van der Waals surface area contributed by atoms with Crippen molar-refractivity contribution in [2.75, 3.05) is 24.7 Å². The fourth-order valence-corrected chi connectivity index (χ4v) is 6.25. The molecule has 2 saturated heterocycles. The molecule has 0 saturated carbocycles. The monoisotopic (exact) mass is 614 g/mol. The summed E-state index contributed by atoms with van der Waals surface area (Å²) in [5.74, 6) is -0.0666. The minimum atomic E-state index is -4.34. The minimum absolute atomic E-state index is 0.0569. The Morgan fingerprint density at radius 1 is 1.24 bits per heavy atom. The Hall–Kier alpha value is -3.23. The number of aromatic nitrogens is 8. The first-order chi connectivity index (χ1) is 19.6. The van der Waals surface area contributed by atoms with E-state index in [-0.39, 0.29) is 29.4 Å². The predicted octanol–water partition coefficient (Wildman–Crippen LogP) is -0.720. The Morgan fingerprint density at radius 3 is 2.83 bits per heavy atom. The molecular formula is C20H24FN10O8PS. The van der Waals surface area contributed by atoms with Crippen LogP contribution in [0.25, 0.3) is 16.8 Å².